The van der Waals surface area contributed by atoms with Crippen LogP contribution < -0.4 is 10.1 Å². The number of rotatable bonds is 8. The Bertz CT molecular complexity index is 1050. The zero-order valence-corrected chi connectivity index (χ0v) is 19.8. The van der Waals surface area contributed by atoms with E-state index in [1.807, 2.05) is 12.2 Å². The third kappa shape index (κ3) is 4.34. The van der Waals surface area contributed by atoms with E-state index in [4.69, 9.17) is 14.6 Å². The van der Waals surface area contributed by atoms with Crippen molar-refractivity contribution < 1.29 is 24.2 Å². The molecule has 2 heterocycles. The molecule has 3 atom stereocenters. The molecule has 1 aliphatic carbocycles. The van der Waals surface area contributed by atoms with E-state index in [-0.39, 0.29) is 13.2 Å². The number of carbonyl (C=O) groups excluding carboxylic acids is 2. The van der Waals surface area contributed by atoms with Crippen molar-refractivity contribution in [1.82, 2.24) is 10.2 Å². The minimum Gasteiger partial charge on any atom is -0.491 e. The van der Waals surface area contributed by atoms with E-state index in [2.05, 4.69) is 37.9 Å². The Labute approximate surface area is 199 Å². The fraction of sp³-hybridized carbons (Fsp3) is 0.364. The van der Waals surface area contributed by atoms with Crippen LogP contribution in [0.5, 0.6) is 5.75 Å². The monoisotopic (exact) mass is 550 g/mol. The lowest BCUT2D eigenvalue weighted by molar-refractivity contribution is -0.129. The maximum atomic E-state index is 13.4. The van der Waals surface area contributed by atoms with Gasteiger partial charge in [-0.15, -0.1) is 0 Å². The average Bonchev–Trinajstić information content (AvgIpc) is 3.33. The Kier molecular flexibility index (Phi) is 6.72. The Hall–Kier alpha value is -2.57. The summed E-state index contributed by atoms with van der Waals surface area (Å²) in [6, 6.07) is 4.71. The van der Waals surface area contributed by atoms with Crippen LogP contribution >= 0.6 is 22.6 Å². The van der Waals surface area contributed by atoms with Crippen molar-refractivity contribution in [1.29, 1.82) is 0 Å². The first-order chi connectivity index (χ1) is 15.4. The maximum absolute atomic E-state index is 13.4. The van der Waals surface area contributed by atoms with Gasteiger partial charge in [-0.3, -0.25) is 4.79 Å². The van der Waals surface area contributed by atoms with Crippen molar-refractivity contribution in [2.45, 2.75) is 31.5 Å². The fourth-order valence-electron chi connectivity index (χ4n) is 3.76. The molecule has 1 aromatic rings. The van der Waals surface area contributed by atoms with E-state index in [0.29, 0.717) is 23.6 Å². The SMILES string of the molecule is CO[C@H](C)[C@@H](C1=NC2=CC(I)=CCC2=N1)N1C(=O)N[C@H](c2ccc(OCCO)cc2)C1=O. The highest BCUT2D eigenvalue weighted by molar-refractivity contribution is 14.1. The lowest BCUT2D eigenvalue weighted by Gasteiger charge is -2.28. The van der Waals surface area contributed by atoms with Crippen LogP contribution in [0.4, 0.5) is 4.79 Å². The summed E-state index contributed by atoms with van der Waals surface area (Å²) in [7, 11) is 1.53. The number of aliphatic hydroxyl groups excluding tert-OH is 1. The molecule has 2 N–H and O–H groups in total. The van der Waals surface area contributed by atoms with Gasteiger partial charge in [0.25, 0.3) is 5.91 Å². The van der Waals surface area contributed by atoms with E-state index in [0.717, 1.165) is 19.9 Å². The van der Waals surface area contributed by atoms with E-state index >= 15 is 0 Å². The second-order valence-corrected chi connectivity index (χ2v) is 8.71. The van der Waals surface area contributed by atoms with Gasteiger partial charge in [-0.05, 0) is 53.3 Å². The Balaban J connectivity index is 1.60. The molecule has 9 nitrogen and oxygen atoms in total. The average molecular weight is 550 g/mol. The largest absolute Gasteiger partial charge is 0.491 e. The topological polar surface area (TPSA) is 113 Å². The number of fused-ring (bicyclic) bond motifs is 1. The molecule has 0 unspecified atom stereocenters. The van der Waals surface area contributed by atoms with Crippen molar-refractivity contribution in [2.24, 2.45) is 9.98 Å². The zero-order valence-electron chi connectivity index (χ0n) is 17.6. The molecule has 168 valence electrons. The molecule has 0 radical (unpaired) electrons. The molecule has 1 aromatic carbocycles. The van der Waals surface area contributed by atoms with Crippen molar-refractivity contribution >= 4 is 46.1 Å². The van der Waals surface area contributed by atoms with Crippen LogP contribution in [-0.2, 0) is 9.53 Å². The third-order valence-electron chi connectivity index (χ3n) is 5.45. The van der Waals surface area contributed by atoms with Gasteiger partial charge in [0.2, 0.25) is 0 Å². The normalized spacial score (nSPS) is 21.9. The fourth-order valence-corrected chi connectivity index (χ4v) is 4.27. The number of allylic oxidation sites excluding steroid dienone is 4. The van der Waals surface area contributed by atoms with Gasteiger partial charge in [-0.1, -0.05) is 18.2 Å². The lowest BCUT2D eigenvalue weighted by Crippen LogP contribution is -2.51. The molecule has 1 saturated heterocycles. The molecule has 3 amide bonds. The molecule has 0 aromatic heterocycles. The number of ether oxygens (including phenoxy) is 2. The summed E-state index contributed by atoms with van der Waals surface area (Å²) < 4.78 is 11.9. The summed E-state index contributed by atoms with van der Waals surface area (Å²) in [5, 5.41) is 11.6. The van der Waals surface area contributed by atoms with Crippen LogP contribution in [0, 0.1) is 0 Å². The predicted octanol–water partition coefficient (Wildman–Crippen LogP) is 2.51. The number of urea groups is 1. The molecule has 4 rings (SSSR count). The number of nitrogens with zero attached hydrogens (tertiary/aromatic N) is 3. The number of hydrogen-bond acceptors (Lipinski definition) is 7. The quantitative estimate of drug-likeness (QED) is 0.382. The zero-order chi connectivity index (χ0) is 22.8. The number of aliphatic hydroxyl groups is 1. The maximum Gasteiger partial charge on any atom is 0.325 e. The van der Waals surface area contributed by atoms with Gasteiger partial charge >= 0.3 is 6.03 Å². The predicted molar refractivity (Wildman–Crippen MR) is 127 cm³/mol. The number of amides is 3. The summed E-state index contributed by atoms with van der Waals surface area (Å²) in [6.07, 6.45) is 4.12. The first-order valence-corrected chi connectivity index (χ1v) is 11.2. The summed E-state index contributed by atoms with van der Waals surface area (Å²) >= 11 is 2.23. The van der Waals surface area contributed by atoms with Gasteiger partial charge in [0.15, 0.2) is 5.84 Å². The molecule has 0 saturated carbocycles. The van der Waals surface area contributed by atoms with E-state index < -0.39 is 30.1 Å². The molecule has 2 aliphatic heterocycles. The van der Waals surface area contributed by atoms with Crippen LogP contribution in [0.3, 0.4) is 0 Å². The summed E-state index contributed by atoms with van der Waals surface area (Å²) in [6.45, 7) is 1.87. The summed E-state index contributed by atoms with van der Waals surface area (Å²) in [5.41, 5.74) is 2.19. The minimum absolute atomic E-state index is 0.0901. The highest BCUT2D eigenvalue weighted by atomic mass is 127. The first kappa shape index (κ1) is 22.6. The Morgan fingerprint density at radius 2 is 2.03 bits per heavy atom. The molecule has 3 aliphatic rings. The molecule has 10 heteroatoms. The van der Waals surface area contributed by atoms with E-state index in [1.165, 1.54) is 7.11 Å². The lowest BCUT2D eigenvalue weighted by atomic mass is 10.1. The van der Waals surface area contributed by atoms with Gasteiger partial charge < -0.3 is 19.9 Å². The molecular formula is C22H23IN4O5. The number of halogens is 1. The van der Waals surface area contributed by atoms with Crippen LogP contribution in [0.2, 0.25) is 0 Å². The number of imide groups is 1. The smallest absolute Gasteiger partial charge is 0.325 e. The molecule has 32 heavy (non-hydrogen) atoms. The molecule has 0 bridgehead atoms. The standard InChI is InChI=1S/C22H23IN4O5/c1-12(31-2)19(20-24-16-8-5-14(23)11-17(16)25-20)27-21(29)18(26-22(27)30)13-3-6-15(7-4-13)32-10-9-28/h3-7,11-12,18-19,28H,8-10H2,1-2H3,(H,26,30)/t12-,18-,19+/m1/s1. The third-order valence-corrected chi connectivity index (χ3v) is 6.20. The molecular weight excluding hydrogens is 527 g/mol. The van der Waals surface area contributed by atoms with Gasteiger partial charge in [-0.2, -0.15) is 0 Å². The number of aliphatic imine (C=N–C) groups is 2. The minimum atomic E-state index is -0.834. The van der Waals surface area contributed by atoms with Crippen LogP contribution in [0.15, 0.2) is 55.7 Å². The number of hydrogen-bond donors (Lipinski definition) is 2. The van der Waals surface area contributed by atoms with E-state index in [9.17, 15) is 9.59 Å². The Morgan fingerprint density at radius 3 is 2.72 bits per heavy atom. The molecule has 1 fully saturated rings. The molecule has 0 spiro atoms. The van der Waals surface area contributed by atoms with Crippen LogP contribution in [-0.4, -0.2) is 66.0 Å². The van der Waals surface area contributed by atoms with Crippen LogP contribution in [0.1, 0.15) is 24.9 Å². The number of methoxy groups -OCH3 is 1. The van der Waals surface area contributed by atoms with Crippen molar-refractivity contribution in [3.8, 4) is 5.75 Å². The Morgan fingerprint density at radius 1 is 1.28 bits per heavy atom. The van der Waals surface area contributed by atoms with Crippen molar-refractivity contribution in [3.05, 3.63) is 51.3 Å². The van der Waals surface area contributed by atoms with E-state index in [1.54, 1.807) is 31.2 Å². The number of amidine groups is 1. The highest BCUT2D eigenvalue weighted by Crippen LogP contribution is 2.31. The van der Waals surface area contributed by atoms with Crippen LogP contribution in [0.25, 0.3) is 0 Å². The summed E-state index contributed by atoms with van der Waals surface area (Å²) in [5.74, 6) is 0.557. The second-order valence-electron chi connectivity index (χ2n) is 7.47. The number of benzene rings is 1. The van der Waals surface area contributed by atoms with Gasteiger partial charge in [0, 0.05) is 17.1 Å². The number of nitrogens with one attached hydrogen (secondary N) is 1. The highest BCUT2D eigenvalue weighted by Gasteiger charge is 2.47. The van der Waals surface area contributed by atoms with Crippen molar-refractivity contribution in [3.63, 3.8) is 0 Å². The first-order valence-electron chi connectivity index (χ1n) is 10.2. The van der Waals surface area contributed by atoms with Crippen molar-refractivity contribution in [2.75, 3.05) is 20.3 Å². The van der Waals surface area contributed by atoms with Gasteiger partial charge in [-0.25, -0.2) is 19.7 Å². The van der Waals surface area contributed by atoms with Gasteiger partial charge in [0.05, 0.1) is 24.1 Å². The summed E-state index contributed by atoms with van der Waals surface area (Å²) in [4.78, 5) is 36.7. The number of carbonyl (C=O) groups is 2. The van der Waals surface area contributed by atoms with Gasteiger partial charge in [0.1, 0.15) is 24.4 Å². The second kappa shape index (κ2) is 9.51.